The van der Waals surface area contributed by atoms with E-state index in [1.54, 1.807) is 6.07 Å². The Hall–Kier alpha value is -1.41. The van der Waals surface area contributed by atoms with Gasteiger partial charge in [-0.3, -0.25) is 4.79 Å². The van der Waals surface area contributed by atoms with E-state index in [2.05, 4.69) is 15.9 Å². The summed E-state index contributed by atoms with van der Waals surface area (Å²) in [5, 5.41) is 8.57. The molecule has 3 nitrogen and oxygen atoms in total. The first-order valence-electron chi connectivity index (χ1n) is 3.25. The molecule has 0 saturated heterocycles. The predicted octanol–water partition coefficient (Wildman–Crippen LogP) is 1.56. The summed E-state index contributed by atoms with van der Waals surface area (Å²) in [5.41, 5.74) is 4.46. The van der Waals surface area contributed by atoms with Gasteiger partial charge >= 0.3 is 0 Å². The maximum absolute atomic E-state index is 13.1. The van der Waals surface area contributed by atoms with Crippen LogP contribution in [0.4, 0.5) is 4.39 Å². The Labute approximate surface area is 82.1 Å². The van der Waals surface area contributed by atoms with Gasteiger partial charge in [-0.2, -0.15) is 5.26 Å². The van der Waals surface area contributed by atoms with Crippen LogP contribution in [0.25, 0.3) is 0 Å². The lowest BCUT2D eigenvalue weighted by Crippen LogP contribution is -2.15. The second-order valence-electron chi connectivity index (χ2n) is 2.29. The fraction of sp³-hybridized carbons (Fsp3) is 0. The van der Waals surface area contributed by atoms with Crippen molar-refractivity contribution in [3.63, 3.8) is 0 Å². The smallest absolute Gasteiger partial charge is 0.253 e. The highest BCUT2D eigenvalue weighted by Crippen LogP contribution is 2.19. The zero-order valence-electron chi connectivity index (χ0n) is 6.34. The molecule has 2 N–H and O–H groups in total. The van der Waals surface area contributed by atoms with E-state index in [0.29, 0.717) is 4.47 Å². The number of amides is 1. The van der Waals surface area contributed by atoms with E-state index in [-0.39, 0.29) is 11.1 Å². The van der Waals surface area contributed by atoms with Crippen molar-refractivity contribution < 1.29 is 9.18 Å². The second kappa shape index (κ2) is 3.54. The highest BCUT2D eigenvalue weighted by Gasteiger charge is 2.14. The molecule has 0 bridgehead atoms. The van der Waals surface area contributed by atoms with Crippen LogP contribution in [0.15, 0.2) is 16.6 Å². The van der Waals surface area contributed by atoms with Gasteiger partial charge in [0, 0.05) is 4.47 Å². The summed E-state index contributed by atoms with van der Waals surface area (Å²) in [4.78, 5) is 10.7. The molecule has 0 saturated carbocycles. The number of nitrogens with zero attached hydrogens (tertiary/aromatic N) is 1. The lowest BCUT2D eigenvalue weighted by Gasteiger charge is -2.01. The van der Waals surface area contributed by atoms with Crippen LogP contribution in [-0.4, -0.2) is 5.91 Å². The number of nitrogens with two attached hydrogens (primary N) is 1. The minimum absolute atomic E-state index is 0.0700. The Balaban J connectivity index is 3.50. The molecule has 0 spiro atoms. The number of benzene rings is 1. The van der Waals surface area contributed by atoms with Gasteiger partial charge in [0.05, 0.1) is 11.1 Å². The highest BCUT2D eigenvalue weighted by atomic mass is 79.9. The quantitative estimate of drug-likeness (QED) is 0.813. The van der Waals surface area contributed by atoms with Crippen molar-refractivity contribution in [2.45, 2.75) is 0 Å². The molecule has 5 heteroatoms. The molecule has 13 heavy (non-hydrogen) atoms. The van der Waals surface area contributed by atoms with Gasteiger partial charge in [0.2, 0.25) is 0 Å². The second-order valence-corrected chi connectivity index (χ2v) is 3.20. The van der Waals surface area contributed by atoms with E-state index in [9.17, 15) is 9.18 Å². The molecular formula is C8H4BrFN2O. The number of carbonyl (C=O) groups is 1. The van der Waals surface area contributed by atoms with E-state index < -0.39 is 11.7 Å². The average Bonchev–Trinajstić information content (AvgIpc) is 2.01. The Morgan fingerprint density at radius 1 is 1.62 bits per heavy atom. The normalized spacial score (nSPS) is 9.31. The summed E-state index contributed by atoms with van der Waals surface area (Å²) < 4.78 is 13.5. The summed E-state index contributed by atoms with van der Waals surface area (Å²) in [6.07, 6.45) is 0. The third-order valence-corrected chi connectivity index (χ3v) is 1.88. The molecular weight excluding hydrogens is 239 g/mol. The Kier molecular flexibility index (Phi) is 2.63. The molecule has 1 amide bonds. The van der Waals surface area contributed by atoms with Gasteiger partial charge < -0.3 is 5.73 Å². The molecule has 66 valence electrons. The minimum atomic E-state index is -0.943. The molecule has 0 aromatic heterocycles. The maximum atomic E-state index is 13.1. The van der Waals surface area contributed by atoms with Crippen molar-refractivity contribution in [2.75, 3.05) is 0 Å². The molecule has 0 unspecified atom stereocenters. The van der Waals surface area contributed by atoms with Crippen LogP contribution in [0.2, 0.25) is 0 Å². The van der Waals surface area contributed by atoms with Gasteiger partial charge in [-0.1, -0.05) is 15.9 Å². The first-order chi connectivity index (χ1) is 6.06. The summed E-state index contributed by atoms with van der Waals surface area (Å²) in [7, 11) is 0. The third kappa shape index (κ3) is 1.84. The zero-order valence-corrected chi connectivity index (χ0v) is 7.93. The predicted molar refractivity (Wildman–Crippen MR) is 47.3 cm³/mol. The number of primary amides is 1. The van der Waals surface area contributed by atoms with Crippen molar-refractivity contribution in [2.24, 2.45) is 5.73 Å². The molecule has 1 rings (SSSR count). The van der Waals surface area contributed by atoms with E-state index in [4.69, 9.17) is 11.0 Å². The molecule has 0 aliphatic heterocycles. The van der Waals surface area contributed by atoms with E-state index in [1.165, 1.54) is 6.07 Å². The van der Waals surface area contributed by atoms with Crippen molar-refractivity contribution in [3.05, 3.63) is 33.5 Å². The number of hydrogen-bond acceptors (Lipinski definition) is 2. The Morgan fingerprint density at radius 3 is 2.69 bits per heavy atom. The summed E-state index contributed by atoms with van der Waals surface area (Å²) in [6.45, 7) is 0. The lowest BCUT2D eigenvalue weighted by molar-refractivity contribution is 0.0996. The molecule has 1 aromatic carbocycles. The fourth-order valence-electron chi connectivity index (χ4n) is 0.912. The van der Waals surface area contributed by atoms with Crippen LogP contribution in [0.5, 0.6) is 0 Å². The van der Waals surface area contributed by atoms with Gasteiger partial charge in [0.15, 0.2) is 0 Å². The van der Waals surface area contributed by atoms with Crippen LogP contribution >= 0.6 is 15.9 Å². The molecule has 0 aliphatic carbocycles. The van der Waals surface area contributed by atoms with Crippen LogP contribution in [0, 0.1) is 17.1 Å². The average molecular weight is 243 g/mol. The van der Waals surface area contributed by atoms with E-state index in [1.807, 2.05) is 0 Å². The van der Waals surface area contributed by atoms with Crippen LogP contribution in [-0.2, 0) is 0 Å². The molecule has 0 heterocycles. The summed E-state index contributed by atoms with van der Waals surface area (Å²) in [6, 6.07) is 4.11. The molecule has 0 fully saturated rings. The number of halogens is 2. The fourth-order valence-corrected chi connectivity index (χ4v) is 1.34. The highest BCUT2D eigenvalue weighted by molar-refractivity contribution is 9.10. The monoisotopic (exact) mass is 242 g/mol. The molecule has 1 aromatic rings. The molecule has 0 atom stereocenters. The molecule has 0 aliphatic rings. The van der Waals surface area contributed by atoms with Crippen LogP contribution < -0.4 is 5.73 Å². The van der Waals surface area contributed by atoms with Gasteiger partial charge in [0.25, 0.3) is 5.91 Å². The van der Waals surface area contributed by atoms with Crippen LogP contribution in [0.3, 0.4) is 0 Å². The number of carbonyl (C=O) groups excluding carboxylic acids is 1. The van der Waals surface area contributed by atoms with Crippen molar-refractivity contribution in [3.8, 4) is 6.07 Å². The van der Waals surface area contributed by atoms with Gasteiger partial charge in [-0.15, -0.1) is 0 Å². The zero-order chi connectivity index (χ0) is 10.0. The third-order valence-electron chi connectivity index (χ3n) is 1.42. The largest absolute Gasteiger partial charge is 0.365 e. The SMILES string of the molecule is N#Cc1cc(Br)cc(F)c1C(N)=O. The van der Waals surface area contributed by atoms with Gasteiger partial charge in [-0.05, 0) is 12.1 Å². The number of hydrogen-bond donors (Lipinski definition) is 1. The summed E-state index contributed by atoms with van der Waals surface area (Å²) in [5.74, 6) is -1.74. The van der Waals surface area contributed by atoms with Crippen molar-refractivity contribution in [1.29, 1.82) is 5.26 Å². The van der Waals surface area contributed by atoms with E-state index in [0.717, 1.165) is 6.07 Å². The topological polar surface area (TPSA) is 66.9 Å². The standard InChI is InChI=1S/C8H4BrFN2O/c9-5-1-4(3-11)7(8(12)13)6(10)2-5/h1-2H,(H2,12,13). The number of nitriles is 1. The van der Waals surface area contributed by atoms with E-state index >= 15 is 0 Å². The maximum Gasteiger partial charge on any atom is 0.253 e. The van der Waals surface area contributed by atoms with Gasteiger partial charge in [0.1, 0.15) is 11.9 Å². The van der Waals surface area contributed by atoms with Gasteiger partial charge in [-0.25, -0.2) is 4.39 Å². The Bertz CT molecular complexity index is 411. The Morgan fingerprint density at radius 2 is 2.23 bits per heavy atom. The first-order valence-corrected chi connectivity index (χ1v) is 4.04. The van der Waals surface area contributed by atoms with Crippen molar-refractivity contribution in [1.82, 2.24) is 0 Å². The molecule has 0 radical (unpaired) electrons. The van der Waals surface area contributed by atoms with Crippen LogP contribution in [0.1, 0.15) is 15.9 Å². The summed E-state index contributed by atoms with van der Waals surface area (Å²) >= 11 is 2.99. The first kappa shape index (κ1) is 9.68. The number of rotatable bonds is 1. The minimum Gasteiger partial charge on any atom is -0.365 e. The lowest BCUT2D eigenvalue weighted by atomic mass is 10.1. The van der Waals surface area contributed by atoms with Crippen molar-refractivity contribution >= 4 is 21.8 Å².